The highest BCUT2D eigenvalue weighted by Gasteiger charge is 2.17. The van der Waals surface area contributed by atoms with Crippen molar-refractivity contribution in [3.63, 3.8) is 0 Å². The summed E-state index contributed by atoms with van der Waals surface area (Å²) in [4.78, 5) is 9.41. The van der Waals surface area contributed by atoms with Crippen molar-refractivity contribution in [2.75, 3.05) is 5.32 Å². The molecule has 0 bridgehead atoms. The molecule has 1 heterocycles. The summed E-state index contributed by atoms with van der Waals surface area (Å²) in [6.07, 6.45) is 0. The number of nitrogens with one attached hydrogen (secondary N) is 1. The summed E-state index contributed by atoms with van der Waals surface area (Å²) >= 11 is 0. The number of para-hydroxylation sites is 1. The fourth-order valence-corrected chi connectivity index (χ4v) is 2.95. The molecule has 0 amide bonds. The third-order valence-electron chi connectivity index (χ3n) is 4.41. The summed E-state index contributed by atoms with van der Waals surface area (Å²) in [6.45, 7) is 2.03. The fourth-order valence-electron chi connectivity index (χ4n) is 2.95. The van der Waals surface area contributed by atoms with E-state index in [1.165, 1.54) is 0 Å². The van der Waals surface area contributed by atoms with Gasteiger partial charge in [0.05, 0.1) is 5.69 Å². The zero-order valence-electron chi connectivity index (χ0n) is 15.4. The van der Waals surface area contributed by atoms with Gasteiger partial charge in [0.25, 0.3) is 0 Å². The molecule has 134 valence electrons. The lowest BCUT2D eigenvalue weighted by Crippen LogP contribution is -2.04. The Morgan fingerprint density at radius 1 is 0.750 bits per heavy atom. The van der Waals surface area contributed by atoms with E-state index in [9.17, 15) is 5.26 Å². The molecule has 1 N–H and O–H groups in total. The minimum Gasteiger partial charge on any atom is -0.339 e. The highest BCUT2D eigenvalue weighted by Crippen LogP contribution is 2.31. The first-order valence-corrected chi connectivity index (χ1v) is 9.01. The predicted octanol–water partition coefficient (Wildman–Crippen LogP) is 5.73. The second-order valence-electron chi connectivity index (χ2n) is 6.45. The maximum absolute atomic E-state index is 9.88. The van der Waals surface area contributed by atoms with Gasteiger partial charge in [-0.1, -0.05) is 78.4 Å². The molecule has 4 heteroatoms. The van der Waals surface area contributed by atoms with E-state index >= 15 is 0 Å². The normalized spacial score (nSPS) is 10.3. The molecule has 28 heavy (non-hydrogen) atoms. The molecular formula is C24H18N4. The summed E-state index contributed by atoms with van der Waals surface area (Å²) < 4.78 is 0. The topological polar surface area (TPSA) is 61.6 Å². The van der Waals surface area contributed by atoms with E-state index in [4.69, 9.17) is 4.98 Å². The van der Waals surface area contributed by atoms with E-state index in [0.717, 1.165) is 22.4 Å². The van der Waals surface area contributed by atoms with E-state index in [1.807, 2.05) is 91.9 Å². The molecule has 0 aliphatic carbocycles. The van der Waals surface area contributed by atoms with Crippen molar-refractivity contribution in [1.29, 1.82) is 5.26 Å². The van der Waals surface area contributed by atoms with Crippen molar-refractivity contribution in [3.05, 3.63) is 96.1 Å². The van der Waals surface area contributed by atoms with Gasteiger partial charge in [-0.25, -0.2) is 9.97 Å². The smallest absolute Gasteiger partial charge is 0.162 e. The first-order valence-electron chi connectivity index (χ1n) is 9.01. The Bertz CT molecular complexity index is 1130. The molecule has 4 nitrogen and oxygen atoms in total. The van der Waals surface area contributed by atoms with Crippen LogP contribution in [0.4, 0.5) is 11.5 Å². The average molecular weight is 362 g/mol. The van der Waals surface area contributed by atoms with Crippen LogP contribution in [-0.2, 0) is 0 Å². The zero-order valence-corrected chi connectivity index (χ0v) is 15.4. The number of rotatable bonds is 4. The number of anilines is 2. The summed E-state index contributed by atoms with van der Waals surface area (Å²) in [7, 11) is 0. The van der Waals surface area contributed by atoms with Crippen LogP contribution < -0.4 is 5.32 Å². The lowest BCUT2D eigenvalue weighted by Gasteiger charge is -2.13. The van der Waals surface area contributed by atoms with Crippen LogP contribution in [0.15, 0.2) is 84.9 Å². The predicted molar refractivity (Wildman–Crippen MR) is 112 cm³/mol. The van der Waals surface area contributed by atoms with Gasteiger partial charge in [0.2, 0.25) is 0 Å². The van der Waals surface area contributed by atoms with E-state index in [1.54, 1.807) is 0 Å². The maximum Gasteiger partial charge on any atom is 0.162 e. The number of benzene rings is 3. The number of nitrogens with zero attached hydrogens (tertiary/aromatic N) is 3. The van der Waals surface area contributed by atoms with Crippen LogP contribution in [0.25, 0.3) is 22.6 Å². The van der Waals surface area contributed by atoms with E-state index in [-0.39, 0.29) is 0 Å². The van der Waals surface area contributed by atoms with Gasteiger partial charge in [0.15, 0.2) is 11.6 Å². The van der Waals surface area contributed by atoms with Gasteiger partial charge in [0.1, 0.15) is 11.6 Å². The molecule has 0 fully saturated rings. The Hall–Kier alpha value is -3.97. The average Bonchev–Trinajstić information content (AvgIpc) is 2.75. The Balaban J connectivity index is 1.92. The highest BCUT2D eigenvalue weighted by molar-refractivity contribution is 5.78. The van der Waals surface area contributed by atoms with Crippen molar-refractivity contribution in [1.82, 2.24) is 9.97 Å². The van der Waals surface area contributed by atoms with Gasteiger partial charge in [-0.05, 0) is 19.1 Å². The largest absolute Gasteiger partial charge is 0.339 e. The van der Waals surface area contributed by atoms with Gasteiger partial charge in [-0.2, -0.15) is 5.26 Å². The molecule has 4 rings (SSSR count). The van der Waals surface area contributed by atoms with Crippen LogP contribution in [0, 0.1) is 18.3 Å². The first-order chi connectivity index (χ1) is 13.7. The number of hydrogen-bond donors (Lipinski definition) is 1. The van der Waals surface area contributed by atoms with E-state index < -0.39 is 0 Å². The molecule has 4 aromatic rings. The molecule has 0 aliphatic heterocycles. The van der Waals surface area contributed by atoms with Crippen molar-refractivity contribution in [2.24, 2.45) is 0 Å². The van der Waals surface area contributed by atoms with Crippen molar-refractivity contribution in [3.8, 4) is 28.7 Å². The monoisotopic (exact) mass is 362 g/mol. The van der Waals surface area contributed by atoms with Gasteiger partial charge in [-0.15, -0.1) is 0 Å². The SMILES string of the molecule is Cc1ccc(-c2nc(-c3ccccc3)nc(Nc3ccccc3)c2C#N)cc1. The minimum absolute atomic E-state index is 0.424. The van der Waals surface area contributed by atoms with E-state index in [2.05, 4.69) is 16.4 Å². The number of nitriles is 1. The molecule has 3 aromatic carbocycles. The molecule has 0 aliphatic rings. The third kappa shape index (κ3) is 3.60. The summed E-state index contributed by atoms with van der Waals surface area (Å²) in [5.41, 5.74) is 4.85. The number of hydrogen-bond acceptors (Lipinski definition) is 4. The van der Waals surface area contributed by atoms with Gasteiger partial charge in [0, 0.05) is 16.8 Å². The third-order valence-corrected chi connectivity index (χ3v) is 4.41. The second kappa shape index (κ2) is 7.73. The molecule has 0 spiro atoms. The molecule has 0 radical (unpaired) electrons. The minimum atomic E-state index is 0.424. The van der Waals surface area contributed by atoms with Crippen LogP contribution in [0.5, 0.6) is 0 Å². The summed E-state index contributed by atoms with van der Waals surface area (Å²) in [6, 6.07) is 29.8. The van der Waals surface area contributed by atoms with E-state index in [0.29, 0.717) is 22.9 Å². The standard InChI is InChI=1S/C24H18N4/c1-17-12-14-18(15-13-17)22-21(16-25)24(26-20-10-6-3-7-11-20)28-23(27-22)19-8-4-2-5-9-19/h2-15H,1H3,(H,26,27,28). The quantitative estimate of drug-likeness (QED) is 0.503. The lowest BCUT2D eigenvalue weighted by molar-refractivity contribution is 1.16. The van der Waals surface area contributed by atoms with Gasteiger partial charge < -0.3 is 5.32 Å². The Morgan fingerprint density at radius 2 is 1.39 bits per heavy atom. The van der Waals surface area contributed by atoms with Crippen LogP contribution in [-0.4, -0.2) is 9.97 Å². The molecule has 0 atom stereocenters. The second-order valence-corrected chi connectivity index (χ2v) is 6.45. The molecule has 1 aromatic heterocycles. The fraction of sp³-hybridized carbons (Fsp3) is 0.0417. The van der Waals surface area contributed by atoms with Crippen molar-refractivity contribution >= 4 is 11.5 Å². The Kier molecular flexibility index (Phi) is 4.81. The van der Waals surface area contributed by atoms with Crippen LogP contribution >= 0.6 is 0 Å². The van der Waals surface area contributed by atoms with Gasteiger partial charge in [-0.3, -0.25) is 0 Å². The molecule has 0 saturated carbocycles. The van der Waals surface area contributed by atoms with Gasteiger partial charge >= 0.3 is 0 Å². The summed E-state index contributed by atoms with van der Waals surface area (Å²) in [5.74, 6) is 1.08. The van der Waals surface area contributed by atoms with Crippen LogP contribution in [0.1, 0.15) is 11.1 Å². The van der Waals surface area contributed by atoms with Crippen LogP contribution in [0.3, 0.4) is 0 Å². The van der Waals surface area contributed by atoms with Crippen molar-refractivity contribution < 1.29 is 0 Å². The van der Waals surface area contributed by atoms with Crippen molar-refractivity contribution in [2.45, 2.75) is 6.92 Å². The van der Waals surface area contributed by atoms with Crippen LogP contribution in [0.2, 0.25) is 0 Å². The molecular weight excluding hydrogens is 344 g/mol. The number of aromatic nitrogens is 2. The lowest BCUT2D eigenvalue weighted by atomic mass is 10.0. The molecule has 0 unspecified atom stereocenters. The zero-order chi connectivity index (χ0) is 19.3. The Morgan fingerprint density at radius 3 is 2.04 bits per heavy atom. The Labute approximate surface area is 164 Å². The molecule has 0 saturated heterocycles. The number of aryl methyl sites for hydroxylation is 1. The summed E-state index contributed by atoms with van der Waals surface area (Å²) in [5, 5.41) is 13.2. The first kappa shape index (κ1) is 17.4. The highest BCUT2D eigenvalue weighted by atomic mass is 15.0. The maximum atomic E-state index is 9.88.